The third-order valence-corrected chi connectivity index (χ3v) is 1.69. The molecule has 0 radical (unpaired) electrons. The van der Waals surface area contributed by atoms with Crippen molar-refractivity contribution >= 4 is 0 Å². The smallest absolute Gasteiger partial charge is 0.126 e. The summed E-state index contributed by atoms with van der Waals surface area (Å²) < 4.78 is 13.0. The lowest BCUT2D eigenvalue weighted by Crippen LogP contribution is -2.05. The maximum absolute atomic E-state index is 13.0. The molecule has 0 aliphatic carbocycles. The molecule has 0 bridgehead atoms. The summed E-state index contributed by atoms with van der Waals surface area (Å²) in [6.07, 6.45) is 0.518. The maximum Gasteiger partial charge on any atom is 0.126 e. The van der Waals surface area contributed by atoms with Crippen LogP contribution in [0.4, 0.5) is 4.39 Å². The molecule has 0 fully saturated rings. The highest BCUT2D eigenvalue weighted by molar-refractivity contribution is 5.24. The van der Waals surface area contributed by atoms with Crippen molar-refractivity contribution in [3.05, 3.63) is 35.1 Å². The zero-order chi connectivity index (χ0) is 8.97. The normalized spacial score (nSPS) is 10.2. The van der Waals surface area contributed by atoms with Crippen LogP contribution in [0, 0.1) is 12.7 Å². The van der Waals surface area contributed by atoms with E-state index in [2.05, 4.69) is 4.84 Å². The molecule has 0 heterocycles. The van der Waals surface area contributed by atoms with Crippen LogP contribution in [0.5, 0.6) is 0 Å². The van der Waals surface area contributed by atoms with Crippen molar-refractivity contribution in [1.29, 1.82) is 0 Å². The van der Waals surface area contributed by atoms with E-state index in [1.807, 2.05) is 6.92 Å². The molecule has 2 nitrogen and oxygen atoms in total. The van der Waals surface area contributed by atoms with Crippen molar-refractivity contribution in [3.63, 3.8) is 0 Å². The lowest BCUT2D eigenvalue weighted by atomic mass is 10.1. The second-order valence-electron chi connectivity index (χ2n) is 2.72. The molecule has 0 aliphatic heterocycles. The number of hydrogen-bond donors (Lipinski definition) is 1. The van der Waals surface area contributed by atoms with Crippen LogP contribution in [0.3, 0.4) is 0 Å². The van der Waals surface area contributed by atoms with Crippen molar-refractivity contribution < 1.29 is 9.23 Å². The van der Waals surface area contributed by atoms with Gasteiger partial charge in [0.2, 0.25) is 0 Å². The summed E-state index contributed by atoms with van der Waals surface area (Å²) in [6.45, 7) is 2.27. The SMILES string of the molecule is Cc1ccc(F)c(CCON)c1. The largest absolute Gasteiger partial charge is 0.304 e. The van der Waals surface area contributed by atoms with Gasteiger partial charge in [-0.15, -0.1) is 0 Å². The number of rotatable bonds is 3. The molecule has 12 heavy (non-hydrogen) atoms. The van der Waals surface area contributed by atoms with Crippen molar-refractivity contribution in [2.75, 3.05) is 6.61 Å². The predicted molar refractivity (Wildman–Crippen MR) is 45.0 cm³/mol. The Morgan fingerprint density at radius 2 is 2.25 bits per heavy atom. The van der Waals surface area contributed by atoms with E-state index in [9.17, 15) is 4.39 Å². The molecule has 0 saturated carbocycles. The van der Waals surface area contributed by atoms with Crippen LogP contribution in [0.15, 0.2) is 18.2 Å². The fourth-order valence-electron chi connectivity index (χ4n) is 1.06. The average molecular weight is 169 g/mol. The molecule has 0 aromatic heterocycles. The van der Waals surface area contributed by atoms with Gasteiger partial charge >= 0.3 is 0 Å². The summed E-state index contributed by atoms with van der Waals surface area (Å²) in [7, 11) is 0. The molecule has 0 saturated heterocycles. The first kappa shape index (κ1) is 9.16. The zero-order valence-electron chi connectivity index (χ0n) is 7.01. The van der Waals surface area contributed by atoms with Gasteiger partial charge in [0, 0.05) is 6.42 Å². The molecule has 1 aromatic carbocycles. The van der Waals surface area contributed by atoms with E-state index in [0.717, 1.165) is 5.56 Å². The lowest BCUT2D eigenvalue weighted by molar-refractivity contribution is 0.140. The van der Waals surface area contributed by atoms with Gasteiger partial charge in [-0.05, 0) is 18.6 Å². The number of nitrogens with two attached hydrogens (primary N) is 1. The topological polar surface area (TPSA) is 35.2 Å². The van der Waals surface area contributed by atoms with Crippen LogP contribution in [0.1, 0.15) is 11.1 Å². The molecule has 66 valence electrons. The second-order valence-corrected chi connectivity index (χ2v) is 2.72. The van der Waals surface area contributed by atoms with Gasteiger partial charge < -0.3 is 4.84 Å². The summed E-state index contributed by atoms with van der Waals surface area (Å²) in [5, 5.41) is 0. The standard InChI is InChI=1S/C9H12FNO/c1-7-2-3-9(10)8(6-7)4-5-12-11/h2-3,6H,4-5,11H2,1H3. The third kappa shape index (κ3) is 2.29. The summed E-state index contributed by atoms with van der Waals surface area (Å²) >= 11 is 0. The van der Waals surface area contributed by atoms with E-state index in [1.54, 1.807) is 12.1 Å². The fraction of sp³-hybridized carbons (Fsp3) is 0.333. The zero-order valence-corrected chi connectivity index (χ0v) is 7.01. The number of benzene rings is 1. The quantitative estimate of drug-likeness (QED) is 0.697. The first-order chi connectivity index (χ1) is 5.74. The third-order valence-electron chi connectivity index (χ3n) is 1.69. The van der Waals surface area contributed by atoms with Gasteiger partial charge in [-0.3, -0.25) is 0 Å². The first-order valence-corrected chi connectivity index (χ1v) is 3.80. The van der Waals surface area contributed by atoms with E-state index in [4.69, 9.17) is 5.90 Å². The monoisotopic (exact) mass is 169 g/mol. The highest BCUT2D eigenvalue weighted by Gasteiger charge is 2.00. The first-order valence-electron chi connectivity index (χ1n) is 3.80. The van der Waals surface area contributed by atoms with Gasteiger partial charge in [-0.2, -0.15) is 0 Å². The van der Waals surface area contributed by atoms with Crippen molar-refractivity contribution in [2.24, 2.45) is 5.90 Å². The molecule has 2 N–H and O–H groups in total. The Hall–Kier alpha value is -0.930. The number of hydrogen-bond acceptors (Lipinski definition) is 2. The van der Waals surface area contributed by atoms with Gasteiger partial charge in [-0.1, -0.05) is 17.7 Å². The van der Waals surface area contributed by atoms with E-state index in [1.165, 1.54) is 6.07 Å². The molecular formula is C9H12FNO. The minimum Gasteiger partial charge on any atom is -0.304 e. The molecule has 0 spiro atoms. The Balaban J connectivity index is 2.75. The average Bonchev–Trinajstić information content (AvgIpc) is 2.07. The van der Waals surface area contributed by atoms with Crippen LogP contribution in [-0.4, -0.2) is 6.61 Å². The molecule has 1 aromatic rings. The van der Waals surface area contributed by atoms with Gasteiger partial charge in [-0.25, -0.2) is 10.3 Å². The molecule has 0 atom stereocenters. The molecular weight excluding hydrogens is 157 g/mol. The minimum absolute atomic E-state index is 0.197. The molecule has 0 unspecified atom stereocenters. The van der Waals surface area contributed by atoms with Crippen molar-refractivity contribution in [2.45, 2.75) is 13.3 Å². The van der Waals surface area contributed by atoms with Crippen LogP contribution < -0.4 is 5.90 Å². The Morgan fingerprint density at radius 1 is 1.50 bits per heavy atom. The maximum atomic E-state index is 13.0. The summed E-state index contributed by atoms with van der Waals surface area (Å²) in [5.74, 6) is 4.65. The summed E-state index contributed by atoms with van der Waals surface area (Å²) in [4.78, 5) is 4.37. The molecule has 1 rings (SSSR count). The Labute approximate surface area is 71.1 Å². The second kappa shape index (κ2) is 4.18. The lowest BCUT2D eigenvalue weighted by Gasteiger charge is -2.02. The van der Waals surface area contributed by atoms with Crippen LogP contribution in [0.25, 0.3) is 0 Å². The summed E-state index contributed by atoms with van der Waals surface area (Å²) in [5.41, 5.74) is 1.70. The fourth-order valence-corrected chi connectivity index (χ4v) is 1.06. The van der Waals surface area contributed by atoms with Gasteiger partial charge in [0.1, 0.15) is 5.82 Å². The highest BCUT2D eigenvalue weighted by Crippen LogP contribution is 2.10. The van der Waals surface area contributed by atoms with Crippen LogP contribution in [0.2, 0.25) is 0 Å². The van der Waals surface area contributed by atoms with E-state index >= 15 is 0 Å². The highest BCUT2D eigenvalue weighted by atomic mass is 19.1. The van der Waals surface area contributed by atoms with Gasteiger partial charge in [0.25, 0.3) is 0 Å². The Morgan fingerprint density at radius 3 is 2.92 bits per heavy atom. The van der Waals surface area contributed by atoms with E-state index in [0.29, 0.717) is 18.6 Å². The van der Waals surface area contributed by atoms with Crippen molar-refractivity contribution in [1.82, 2.24) is 0 Å². The Kier molecular flexibility index (Phi) is 3.19. The molecule has 3 heteroatoms. The van der Waals surface area contributed by atoms with Crippen molar-refractivity contribution in [3.8, 4) is 0 Å². The predicted octanol–water partition coefficient (Wildman–Crippen LogP) is 1.57. The summed E-state index contributed by atoms with van der Waals surface area (Å²) in [6, 6.07) is 5.00. The van der Waals surface area contributed by atoms with Crippen LogP contribution in [-0.2, 0) is 11.3 Å². The van der Waals surface area contributed by atoms with E-state index in [-0.39, 0.29) is 5.82 Å². The number of halogens is 1. The molecule has 0 aliphatic rings. The van der Waals surface area contributed by atoms with E-state index < -0.39 is 0 Å². The van der Waals surface area contributed by atoms with Gasteiger partial charge in [0.15, 0.2) is 0 Å². The Bertz CT molecular complexity index is 263. The minimum atomic E-state index is -0.197. The molecule has 0 amide bonds. The van der Waals surface area contributed by atoms with Gasteiger partial charge in [0.05, 0.1) is 6.61 Å². The van der Waals surface area contributed by atoms with Crippen LogP contribution >= 0.6 is 0 Å². The number of aryl methyl sites for hydroxylation is 1.